The third kappa shape index (κ3) is 5.70. The van der Waals surface area contributed by atoms with Gasteiger partial charge in [0, 0.05) is 39.5 Å². The second-order valence-corrected chi connectivity index (χ2v) is 16.2. The highest BCUT2D eigenvalue weighted by Gasteiger charge is 2.50. The quantitative estimate of drug-likeness (QED) is 0.134. The molecule has 0 bridgehead atoms. The largest absolute Gasteiger partial charge is 0.338 e. The van der Waals surface area contributed by atoms with Crippen LogP contribution in [0.4, 0.5) is 22.7 Å². The van der Waals surface area contributed by atoms with Gasteiger partial charge in [-0.15, -0.1) is 0 Å². The number of hydrogen-bond acceptors (Lipinski definition) is 2. The summed E-state index contributed by atoms with van der Waals surface area (Å²) in [4.78, 5) is 5.15. The summed E-state index contributed by atoms with van der Waals surface area (Å²) in [6, 6.07) is 39.6. The van der Waals surface area contributed by atoms with Gasteiger partial charge in [0.25, 0.3) is 0 Å². The Morgan fingerprint density at radius 3 is 2.19 bits per heavy atom. The molecule has 0 aliphatic heterocycles. The average Bonchev–Trinajstić information content (AvgIpc) is 3.89. The summed E-state index contributed by atoms with van der Waals surface area (Å²) in [7, 11) is 0. The van der Waals surface area contributed by atoms with Crippen molar-refractivity contribution in [1.29, 1.82) is 0 Å². The first-order chi connectivity index (χ1) is 25.9. The first-order valence-electron chi connectivity index (χ1n) is 20.0. The number of aryl methyl sites for hydroxylation is 1. The maximum atomic E-state index is 4.38. The molecule has 4 aliphatic rings. The second kappa shape index (κ2) is 13.4. The molecule has 0 N–H and O–H groups in total. The van der Waals surface area contributed by atoms with Crippen molar-refractivity contribution in [2.24, 2.45) is 5.41 Å². The van der Waals surface area contributed by atoms with Gasteiger partial charge in [-0.2, -0.15) is 0 Å². The molecule has 0 saturated heterocycles. The van der Waals surface area contributed by atoms with Crippen LogP contribution in [-0.4, -0.2) is 6.04 Å². The van der Waals surface area contributed by atoms with Gasteiger partial charge in [-0.05, 0) is 132 Å². The molecule has 4 unspecified atom stereocenters. The highest BCUT2D eigenvalue weighted by Crippen LogP contribution is 2.62. The number of anilines is 4. The Bertz CT molecular complexity index is 2270. The van der Waals surface area contributed by atoms with Crippen LogP contribution in [0.2, 0.25) is 0 Å². The fourth-order valence-electron chi connectivity index (χ4n) is 9.95. The van der Waals surface area contributed by atoms with Crippen LogP contribution < -0.4 is 9.80 Å². The monoisotopic (exact) mass is 692 g/mol. The van der Waals surface area contributed by atoms with Gasteiger partial charge in [0.05, 0.1) is 11.7 Å². The molecule has 266 valence electrons. The standard InChI is InChI=1S/C51H52N2/c1-6-51(33-35(51)4)36(5)38-19-27-44(28-20-38)53(42-15-11-8-12-16-42)48-32-24-40-21-29-45-47(31-23-39-22-30-46(48)50(40)49(39)45)52(41-13-9-7-10-14-41)43-25-17-37(18-26-43)34(2)3/h7-9,11-13,15-20,22-28,30-32,34,36,45,47H,4,6,10,14,21,29,33H2,1-3,5H3. The lowest BCUT2D eigenvalue weighted by Gasteiger charge is -2.43. The minimum Gasteiger partial charge on any atom is -0.338 e. The molecule has 53 heavy (non-hydrogen) atoms. The zero-order valence-corrected chi connectivity index (χ0v) is 31.9. The average molecular weight is 693 g/mol. The topological polar surface area (TPSA) is 6.48 Å². The number of rotatable bonds is 10. The Kier molecular flexibility index (Phi) is 8.53. The predicted octanol–water partition coefficient (Wildman–Crippen LogP) is 14.1. The Hall–Kier alpha value is -5.08. The van der Waals surface area contributed by atoms with E-state index in [-0.39, 0.29) is 11.5 Å². The van der Waals surface area contributed by atoms with Crippen molar-refractivity contribution in [2.75, 3.05) is 9.80 Å². The molecule has 0 heterocycles. The van der Waals surface area contributed by atoms with Gasteiger partial charge in [-0.25, -0.2) is 0 Å². The van der Waals surface area contributed by atoms with E-state index in [1.54, 1.807) is 0 Å². The van der Waals surface area contributed by atoms with E-state index >= 15 is 0 Å². The number of allylic oxidation sites excluding steroid dienone is 5. The van der Waals surface area contributed by atoms with Crippen LogP contribution in [0.3, 0.4) is 0 Å². The molecular formula is C51H52N2. The lowest BCUT2D eigenvalue weighted by Crippen LogP contribution is -2.40. The molecule has 2 nitrogen and oxygen atoms in total. The van der Waals surface area contributed by atoms with E-state index in [9.17, 15) is 0 Å². The summed E-state index contributed by atoms with van der Waals surface area (Å²) < 4.78 is 0. The molecule has 4 atom stereocenters. The third-order valence-corrected chi connectivity index (χ3v) is 13.2. The molecule has 0 aromatic heterocycles. The van der Waals surface area contributed by atoms with Crippen LogP contribution in [0.15, 0.2) is 145 Å². The van der Waals surface area contributed by atoms with Crippen LogP contribution in [0.25, 0.3) is 16.8 Å². The summed E-state index contributed by atoms with van der Waals surface area (Å²) in [6.45, 7) is 13.7. The van der Waals surface area contributed by atoms with Crippen LogP contribution in [-0.2, 0) is 6.42 Å². The van der Waals surface area contributed by atoms with Crippen LogP contribution in [0, 0.1) is 5.41 Å². The van der Waals surface area contributed by atoms with E-state index in [0.717, 1.165) is 38.5 Å². The van der Waals surface area contributed by atoms with Crippen LogP contribution in [0.5, 0.6) is 0 Å². The van der Waals surface area contributed by atoms with Gasteiger partial charge in [0.15, 0.2) is 0 Å². The molecule has 1 saturated carbocycles. The van der Waals surface area contributed by atoms with Crippen molar-refractivity contribution < 1.29 is 0 Å². The first kappa shape index (κ1) is 33.7. The molecule has 9 rings (SSSR count). The molecule has 4 aliphatic carbocycles. The van der Waals surface area contributed by atoms with Crippen molar-refractivity contribution in [3.8, 4) is 0 Å². The van der Waals surface area contributed by atoms with Gasteiger partial charge in [-0.3, -0.25) is 0 Å². The summed E-state index contributed by atoms with van der Waals surface area (Å²) in [6.07, 6.45) is 18.5. The predicted molar refractivity (Wildman–Crippen MR) is 227 cm³/mol. The summed E-state index contributed by atoms with van der Waals surface area (Å²) in [5.74, 6) is 1.38. The fraction of sp³-hybridized carbons (Fsp3) is 0.294. The van der Waals surface area contributed by atoms with Gasteiger partial charge in [-0.1, -0.05) is 125 Å². The number of para-hydroxylation sites is 1. The molecular weight excluding hydrogens is 641 g/mol. The van der Waals surface area contributed by atoms with Gasteiger partial charge >= 0.3 is 0 Å². The van der Waals surface area contributed by atoms with Crippen molar-refractivity contribution in [2.45, 2.75) is 90.0 Å². The zero-order chi connectivity index (χ0) is 36.3. The number of hydrogen-bond donors (Lipinski definition) is 0. The Morgan fingerprint density at radius 2 is 1.51 bits per heavy atom. The molecule has 0 amide bonds. The molecule has 2 heteroatoms. The molecule has 5 aromatic carbocycles. The van der Waals surface area contributed by atoms with E-state index in [1.807, 2.05) is 0 Å². The van der Waals surface area contributed by atoms with Gasteiger partial charge < -0.3 is 9.80 Å². The van der Waals surface area contributed by atoms with Gasteiger partial charge in [0.1, 0.15) is 0 Å². The lowest BCUT2D eigenvalue weighted by atomic mass is 9.72. The summed E-state index contributed by atoms with van der Waals surface area (Å²) in [5, 5.41) is 2.80. The van der Waals surface area contributed by atoms with E-state index in [4.69, 9.17) is 0 Å². The zero-order valence-electron chi connectivity index (χ0n) is 31.9. The maximum absolute atomic E-state index is 4.38. The minimum atomic E-state index is 0.251. The fourth-order valence-corrected chi connectivity index (χ4v) is 9.95. The van der Waals surface area contributed by atoms with Gasteiger partial charge in [0.2, 0.25) is 0 Å². The Morgan fingerprint density at radius 1 is 0.792 bits per heavy atom. The van der Waals surface area contributed by atoms with Crippen molar-refractivity contribution in [3.05, 3.63) is 173 Å². The summed E-state index contributed by atoms with van der Waals surface area (Å²) in [5.41, 5.74) is 15.2. The van der Waals surface area contributed by atoms with E-state index in [0.29, 0.717) is 17.8 Å². The second-order valence-electron chi connectivity index (χ2n) is 16.2. The molecule has 1 fully saturated rings. The SMILES string of the molecule is C=C1CC1(CC)C(C)c1ccc(N(c2ccccc2)c2ccc3c4c5c(ccc24)C=CC(N(C2=CC=CCC2)c2ccc(C(C)C)cc2)C5CC3)cc1. The first-order valence-corrected chi connectivity index (χ1v) is 20.0. The highest BCUT2D eigenvalue weighted by atomic mass is 15.2. The van der Waals surface area contributed by atoms with Crippen LogP contribution in [0.1, 0.15) is 105 Å². The molecule has 0 radical (unpaired) electrons. The lowest BCUT2D eigenvalue weighted by molar-refractivity contribution is 0.432. The Labute approximate surface area is 316 Å². The maximum Gasteiger partial charge on any atom is 0.0591 e. The third-order valence-electron chi connectivity index (χ3n) is 13.2. The van der Waals surface area contributed by atoms with E-state index < -0.39 is 0 Å². The smallest absolute Gasteiger partial charge is 0.0591 e. The minimum absolute atomic E-state index is 0.251. The van der Waals surface area contributed by atoms with Crippen molar-refractivity contribution >= 4 is 39.6 Å². The normalized spacial score (nSPS) is 21.8. The van der Waals surface area contributed by atoms with E-state index in [1.165, 1.54) is 72.6 Å². The van der Waals surface area contributed by atoms with Crippen molar-refractivity contribution in [3.63, 3.8) is 0 Å². The number of benzene rings is 5. The summed E-state index contributed by atoms with van der Waals surface area (Å²) >= 11 is 0. The molecule has 5 aromatic rings. The van der Waals surface area contributed by atoms with E-state index in [2.05, 4.69) is 178 Å². The Balaban J connectivity index is 1.15. The van der Waals surface area contributed by atoms with Crippen molar-refractivity contribution in [1.82, 2.24) is 0 Å². The number of nitrogens with zero attached hydrogens (tertiary/aromatic N) is 2. The highest BCUT2D eigenvalue weighted by molar-refractivity contribution is 6.04. The van der Waals surface area contributed by atoms with Crippen LogP contribution >= 0.6 is 0 Å². The molecule has 0 spiro atoms.